The van der Waals surface area contributed by atoms with Crippen LogP contribution in [0.5, 0.6) is 0 Å². The van der Waals surface area contributed by atoms with Gasteiger partial charge in [0.15, 0.2) is 0 Å². The number of benzene rings is 3. The largest absolute Gasteiger partial charge is 0.350 e. The molecule has 0 spiro atoms. The second-order valence-electron chi connectivity index (χ2n) is 7.42. The number of aryl methyl sites for hydroxylation is 2. The van der Waals surface area contributed by atoms with E-state index in [1.54, 1.807) is 13.0 Å². The number of nitrogens with zero attached hydrogens (tertiary/aromatic N) is 2. The van der Waals surface area contributed by atoms with Crippen molar-refractivity contribution < 1.29 is 18.9 Å². The first-order valence-corrected chi connectivity index (χ1v) is 9.74. The fourth-order valence-corrected chi connectivity index (χ4v) is 3.52. The van der Waals surface area contributed by atoms with Crippen LogP contribution < -0.4 is 10.2 Å². The molecule has 0 saturated heterocycles. The maximum atomic E-state index is 13.5. The number of nitrogens with one attached hydrogen (secondary N) is 1. The number of amides is 2. The molecule has 0 unspecified atom stereocenters. The smallest absolute Gasteiger partial charge is 0.282 e. The Hall–Kier alpha value is -4.33. The van der Waals surface area contributed by atoms with E-state index < -0.39 is 22.6 Å². The van der Waals surface area contributed by atoms with E-state index in [4.69, 9.17) is 0 Å². The normalized spacial score (nSPS) is 13.7. The molecule has 32 heavy (non-hydrogen) atoms. The van der Waals surface area contributed by atoms with Crippen LogP contribution in [0, 0.1) is 29.8 Å². The zero-order chi connectivity index (χ0) is 23.0. The van der Waals surface area contributed by atoms with E-state index in [2.05, 4.69) is 5.32 Å². The number of carbonyl (C=O) groups is 2. The van der Waals surface area contributed by atoms with Crippen LogP contribution >= 0.6 is 0 Å². The lowest BCUT2D eigenvalue weighted by atomic mass is 10.0. The lowest BCUT2D eigenvalue weighted by Crippen LogP contribution is -2.33. The van der Waals surface area contributed by atoms with Crippen molar-refractivity contribution in [1.29, 1.82) is 0 Å². The van der Waals surface area contributed by atoms with E-state index in [9.17, 15) is 24.1 Å². The van der Waals surface area contributed by atoms with E-state index in [-0.39, 0.29) is 17.0 Å². The average Bonchev–Trinajstić information content (AvgIpc) is 3.01. The highest BCUT2D eigenvalue weighted by atomic mass is 19.1. The van der Waals surface area contributed by atoms with Gasteiger partial charge in [0.05, 0.1) is 16.2 Å². The molecule has 8 heteroatoms. The number of nitro groups is 1. The first-order valence-electron chi connectivity index (χ1n) is 9.74. The molecule has 160 valence electrons. The number of imide groups is 1. The minimum Gasteiger partial charge on any atom is -0.350 e. The van der Waals surface area contributed by atoms with E-state index in [0.29, 0.717) is 16.9 Å². The minimum atomic E-state index is -0.568. The molecule has 0 aromatic heterocycles. The second-order valence-corrected chi connectivity index (χ2v) is 7.42. The van der Waals surface area contributed by atoms with Crippen LogP contribution in [0.3, 0.4) is 0 Å². The van der Waals surface area contributed by atoms with Gasteiger partial charge in [-0.05, 0) is 73.0 Å². The molecule has 1 aliphatic rings. The fourth-order valence-electron chi connectivity index (χ4n) is 3.52. The lowest BCUT2D eigenvalue weighted by molar-refractivity contribution is -0.384. The van der Waals surface area contributed by atoms with Crippen molar-refractivity contribution in [1.82, 2.24) is 0 Å². The Morgan fingerprint density at radius 1 is 0.906 bits per heavy atom. The summed E-state index contributed by atoms with van der Waals surface area (Å²) in [4.78, 5) is 38.4. The highest BCUT2D eigenvalue weighted by molar-refractivity contribution is 6.46. The Labute approximate surface area is 182 Å². The fraction of sp³-hybridized carbons (Fsp3) is 0.0833. The predicted octanol–water partition coefficient (Wildman–Crippen LogP) is 4.75. The highest BCUT2D eigenvalue weighted by Crippen LogP contribution is 2.36. The zero-order valence-electron chi connectivity index (χ0n) is 17.3. The van der Waals surface area contributed by atoms with Gasteiger partial charge in [0.25, 0.3) is 17.5 Å². The van der Waals surface area contributed by atoms with Crippen molar-refractivity contribution in [2.24, 2.45) is 0 Å². The maximum absolute atomic E-state index is 13.5. The first-order chi connectivity index (χ1) is 15.3. The number of halogens is 1. The Kier molecular flexibility index (Phi) is 5.28. The first kappa shape index (κ1) is 20.9. The summed E-state index contributed by atoms with van der Waals surface area (Å²) in [7, 11) is 0. The number of hydrogen-bond donors (Lipinski definition) is 1. The van der Waals surface area contributed by atoms with Gasteiger partial charge in [-0.1, -0.05) is 12.1 Å². The van der Waals surface area contributed by atoms with Gasteiger partial charge in [0, 0.05) is 17.8 Å². The lowest BCUT2D eigenvalue weighted by Gasteiger charge is -2.18. The maximum Gasteiger partial charge on any atom is 0.282 e. The summed E-state index contributed by atoms with van der Waals surface area (Å²) in [5.41, 5.74) is 2.80. The van der Waals surface area contributed by atoms with Crippen LogP contribution in [0.25, 0.3) is 5.57 Å². The topological polar surface area (TPSA) is 92.6 Å². The molecule has 1 N–H and O–H groups in total. The number of carbonyl (C=O) groups excluding carboxylic acids is 2. The van der Waals surface area contributed by atoms with Crippen molar-refractivity contribution in [3.05, 3.63) is 105 Å². The molecule has 0 fully saturated rings. The van der Waals surface area contributed by atoms with Gasteiger partial charge in [0.2, 0.25) is 0 Å². The van der Waals surface area contributed by atoms with E-state index >= 15 is 0 Å². The molecule has 7 nitrogen and oxygen atoms in total. The summed E-state index contributed by atoms with van der Waals surface area (Å²) in [5.74, 6) is -1.56. The standard InChI is InChI=1S/C24H18FN3O4/c1-14-3-4-15(2)20(13-14)27-23(29)21(16-5-11-19(12-6-16)28(31)32)22(24(27)30)26-18-9-7-17(25)8-10-18/h3-13,26H,1-2H3. The summed E-state index contributed by atoms with van der Waals surface area (Å²) < 4.78 is 13.3. The number of rotatable bonds is 5. The molecule has 1 heterocycles. The Balaban J connectivity index is 1.84. The average molecular weight is 431 g/mol. The van der Waals surface area contributed by atoms with Gasteiger partial charge in [-0.3, -0.25) is 19.7 Å². The predicted molar refractivity (Wildman–Crippen MR) is 118 cm³/mol. The molecule has 0 radical (unpaired) electrons. The summed E-state index contributed by atoms with van der Waals surface area (Å²) >= 11 is 0. The van der Waals surface area contributed by atoms with Gasteiger partial charge in [-0.25, -0.2) is 9.29 Å². The van der Waals surface area contributed by atoms with Crippen LogP contribution in [0.2, 0.25) is 0 Å². The molecular formula is C24H18FN3O4. The van der Waals surface area contributed by atoms with Gasteiger partial charge in [0.1, 0.15) is 11.5 Å². The third-order valence-corrected chi connectivity index (χ3v) is 5.17. The molecule has 4 rings (SSSR count). The number of anilines is 2. The van der Waals surface area contributed by atoms with E-state index in [1.165, 1.54) is 48.5 Å². The monoisotopic (exact) mass is 431 g/mol. The summed E-state index contributed by atoms with van der Waals surface area (Å²) in [6.07, 6.45) is 0. The summed E-state index contributed by atoms with van der Waals surface area (Å²) in [6.45, 7) is 3.66. The van der Waals surface area contributed by atoms with Crippen LogP contribution in [-0.2, 0) is 9.59 Å². The Morgan fingerprint density at radius 2 is 1.56 bits per heavy atom. The van der Waals surface area contributed by atoms with Crippen molar-refractivity contribution in [3.8, 4) is 0 Å². The van der Waals surface area contributed by atoms with Gasteiger partial charge in [-0.2, -0.15) is 0 Å². The second kappa shape index (κ2) is 8.07. The van der Waals surface area contributed by atoms with E-state index in [1.807, 2.05) is 19.1 Å². The third kappa shape index (κ3) is 3.74. The van der Waals surface area contributed by atoms with Gasteiger partial charge < -0.3 is 5.32 Å². The molecule has 0 aliphatic carbocycles. The van der Waals surface area contributed by atoms with Crippen LogP contribution in [-0.4, -0.2) is 16.7 Å². The van der Waals surface area contributed by atoms with Crippen LogP contribution in [0.15, 0.2) is 72.4 Å². The molecule has 3 aromatic carbocycles. The van der Waals surface area contributed by atoms with Crippen molar-refractivity contribution in [3.63, 3.8) is 0 Å². The third-order valence-electron chi connectivity index (χ3n) is 5.17. The van der Waals surface area contributed by atoms with Gasteiger partial charge in [-0.15, -0.1) is 0 Å². The molecular weight excluding hydrogens is 413 g/mol. The van der Waals surface area contributed by atoms with Crippen LogP contribution in [0.1, 0.15) is 16.7 Å². The molecule has 1 aliphatic heterocycles. The van der Waals surface area contributed by atoms with Crippen molar-refractivity contribution in [2.75, 3.05) is 10.2 Å². The summed E-state index contributed by atoms with van der Waals surface area (Å²) in [5, 5.41) is 13.9. The molecule has 3 aromatic rings. The molecule has 0 saturated carbocycles. The highest BCUT2D eigenvalue weighted by Gasteiger charge is 2.41. The van der Waals surface area contributed by atoms with Crippen molar-refractivity contribution >= 4 is 34.4 Å². The zero-order valence-corrected chi connectivity index (χ0v) is 17.3. The Bertz CT molecular complexity index is 1280. The number of hydrogen-bond acceptors (Lipinski definition) is 5. The molecule has 0 bridgehead atoms. The van der Waals surface area contributed by atoms with E-state index in [0.717, 1.165) is 16.0 Å². The quantitative estimate of drug-likeness (QED) is 0.358. The van der Waals surface area contributed by atoms with Crippen LogP contribution in [0.4, 0.5) is 21.5 Å². The van der Waals surface area contributed by atoms with Gasteiger partial charge >= 0.3 is 0 Å². The number of nitro benzene ring substituents is 1. The van der Waals surface area contributed by atoms with Crippen molar-refractivity contribution in [2.45, 2.75) is 13.8 Å². The SMILES string of the molecule is Cc1ccc(C)c(N2C(=O)C(Nc3ccc(F)cc3)=C(c3ccc([N+](=O)[O-])cc3)C2=O)c1. The Morgan fingerprint density at radius 3 is 2.19 bits per heavy atom. The molecule has 2 amide bonds. The number of non-ortho nitro benzene ring substituents is 1. The minimum absolute atomic E-state index is 0.0105. The molecule has 0 atom stereocenters. The summed E-state index contributed by atoms with van der Waals surface area (Å²) in [6, 6.07) is 16.2.